The summed E-state index contributed by atoms with van der Waals surface area (Å²) in [7, 11) is 0. The number of nitrogens with one attached hydrogen (secondary N) is 3. The average molecular weight is 298 g/mol. The number of anilines is 1. The third kappa shape index (κ3) is 2.78. The number of nitrogens with zero attached hydrogens (tertiary/aromatic N) is 1. The Hall–Kier alpha value is -1.22. The molecule has 1 aromatic rings. The van der Waals surface area contributed by atoms with Crippen molar-refractivity contribution in [3.05, 3.63) is 10.6 Å². The lowest BCUT2D eigenvalue weighted by Crippen LogP contribution is -2.48. The van der Waals surface area contributed by atoms with Gasteiger partial charge in [-0.15, -0.1) is 0 Å². The third-order valence-corrected chi connectivity index (χ3v) is 4.52. The maximum absolute atomic E-state index is 11.7. The number of carbonyl (C=O) groups is 1. The maximum atomic E-state index is 11.7. The van der Waals surface area contributed by atoms with Gasteiger partial charge in [-0.2, -0.15) is 0 Å². The SMILES string of the molecule is C[C@H](CO)NC(=O)Nc1nc2c(s1)[C@@H]1COC[C@H](C2)N1. The average Bonchev–Trinajstić information content (AvgIpc) is 2.81. The van der Waals surface area contributed by atoms with Crippen molar-refractivity contribution in [1.29, 1.82) is 0 Å². The fourth-order valence-electron chi connectivity index (χ4n) is 2.45. The number of hydrogen-bond donors (Lipinski definition) is 4. The molecule has 1 fully saturated rings. The summed E-state index contributed by atoms with van der Waals surface area (Å²) in [6.45, 7) is 3.01. The molecule has 1 aromatic heterocycles. The molecular formula is C12H18N4O3S. The summed E-state index contributed by atoms with van der Waals surface area (Å²) in [6, 6.07) is -0.117. The highest BCUT2D eigenvalue weighted by molar-refractivity contribution is 7.16. The summed E-state index contributed by atoms with van der Waals surface area (Å²) >= 11 is 1.48. The molecule has 3 heterocycles. The van der Waals surface area contributed by atoms with Crippen LogP contribution >= 0.6 is 11.3 Å². The minimum absolute atomic E-state index is 0.0905. The molecule has 0 radical (unpaired) electrons. The van der Waals surface area contributed by atoms with Crippen LogP contribution in [0.3, 0.4) is 0 Å². The molecule has 0 aromatic carbocycles. The Kier molecular flexibility index (Phi) is 3.88. The van der Waals surface area contributed by atoms with Gasteiger partial charge < -0.3 is 20.5 Å². The maximum Gasteiger partial charge on any atom is 0.321 e. The van der Waals surface area contributed by atoms with Crippen LogP contribution in [-0.2, 0) is 11.2 Å². The van der Waals surface area contributed by atoms with E-state index in [1.807, 2.05) is 0 Å². The summed E-state index contributed by atoms with van der Waals surface area (Å²) in [5.74, 6) is 0. The topological polar surface area (TPSA) is 95.5 Å². The first-order valence-electron chi connectivity index (χ1n) is 6.67. The van der Waals surface area contributed by atoms with Gasteiger partial charge >= 0.3 is 6.03 Å². The summed E-state index contributed by atoms with van der Waals surface area (Å²) in [6.07, 6.45) is 0.832. The summed E-state index contributed by atoms with van der Waals surface area (Å²) < 4.78 is 5.54. The van der Waals surface area contributed by atoms with Crippen LogP contribution in [0, 0.1) is 0 Å². The third-order valence-electron chi connectivity index (χ3n) is 3.40. The van der Waals surface area contributed by atoms with Crippen molar-refractivity contribution in [2.45, 2.75) is 31.5 Å². The molecule has 7 nitrogen and oxygen atoms in total. The van der Waals surface area contributed by atoms with Crippen LogP contribution in [0.1, 0.15) is 23.5 Å². The summed E-state index contributed by atoms with van der Waals surface area (Å²) in [4.78, 5) is 17.4. The van der Waals surface area contributed by atoms with Gasteiger partial charge in [-0.25, -0.2) is 9.78 Å². The number of ether oxygens (including phenoxy) is 1. The fraction of sp³-hybridized carbons (Fsp3) is 0.667. The van der Waals surface area contributed by atoms with Gasteiger partial charge in [-0.1, -0.05) is 11.3 Å². The lowest BCUT2D eigenvalue weighted by molar-refractivity contribution is 0.0395. The zero-order chi connectivity index (χ0) is 14.1. The molecule has 3 rings (SSSR count). The van der Waals surface area contributed by atoms with Gasteiger partial charge in [0, 0.05) is 17.3 Å². The number of fused-ring (bicyclic) bond motifs is 4. The predicted octanol–water partition coefficient (Wildman–Crippen LogP) is 0.231. The van der Waals surface area contributed by atoms with Crippen molar-refractivity contribution in [2.24, 2.45) is 0 Å². The van der Waals surface area contributed by atoms with Crippen molar-refractivity contribution in [1.82, 2.24) is 15.6 Å². The second kappa shape index (κ2) is 5.65. The lowest BCUT2D eigenvalue weighted by atomic mass is 10.0. The number of carbonyl (C=O) groups excluding carboxylic acids is 1. The molecule has 20 heavy (non-hydrogen) atoms. The Morgan fingerprint density at radius 2 is 2.50 bits per heavy atom. The molecular weight excluding hydrogens is 280 g/mol. The van der Waals surface area contributed by atoms with Crippen LogP contribution in [-0.4, -0.2) is 48.0 Å². The van der Waals surface area contributed by atoms with Gasteiger partial charge in [-0.3, -0.25) is 5.32 Å². The largest absolute Gasteiger partial charge is 0.394 e. The number of aliphatic hydroxyl groups excluding tert-OH is 1. The van der Waals surface area contributed by atoms with Crippen LogP contribution in [0.5, 0.6) is 0 Å². The standard InChI is InChI=1S/C12H18N4O3S/c1-6(3-17)13-11(18)16-12-15-8-2-7-4-19-5-9(14-7)10(8)20-12/h6-7,9,14,17H,2-5H2,1H3,(H2,13,15,16,18)/t6-,7+,9+/m1/s1. The van der Waals surface area contributed by atoms with Gasteiger partial charge in [-0.05, 0) is 6.92 Å². The summed E-state index contributed by atoms with van der Waals surface area (Å²) in [5, 5.41) is 18.4. The van der Waals surface area contributed by atoms with Crippen molar-refractivity contribution in [3.8, 4) is 0 Å². The highest BCUT2D eigenvalue weighted by atomic mass is 32.1. The molecule has 0 spiro atoms. The normalized spacial score (nSPS) is 25.7. The predicted molar refractivity (Wildman–Crippen MR) is 75.0 cm³/mol. The van der Waals surface area contributed by atoms with Gasteiger partial charge in [0.05, 0.1) is 37.6 Å². The highest BCUT2D eigenvalue weighted by Gasteiger charge is 2.33. The molecule has 2 bridgehead atoms. The molecule has 0 unspecified atom stereocenters. The molecule has 8 heteroatoms. The van der Waals surface area contributed by atoms with E-state index in [9.17, 15) is 4.79 Å². The zero-order valence-electron chi connectivity index (χ0n) is 11.2. The van der Waals surface area contributed by atoms with E-state index < -0.39 is 0 Å². The van der Waals surface area contributed by atoms with Gasteiger partial charge in [0.25, 0.3) is 0 Å². The van der Waals surface area contributed by atoms with E-state index in [1.165, 1.54) is 11.3 Å². The Balaban J connectivity index is 1.69. The van der Waals surface area contributed by atoms with Crippen molar-refractivity contribution < 1.29 is 14.6 Å². The molecule has 2 aliphatic rings. The summed E-state index contributed by atoms with van der Waals surface area (Å²) in [5.41, 5.74) is 1.05. The van der Waals surface area contributed by atoms with E-state index in [4.69, 9.17) is 9.84 Å². The van der Waals surface area contributed by atoms with E-state index in [2.05, 4.69) is 20.9 Å². The highest BCUT2D eigenvalue weighted by Crippen LogP contribution is 2.35. The number of thiazole rings is 1. The van der Waals surface area contributed by atoms with E-state index >= 15 is 0 Å². The number of aliphatic hydroxyl groups is 1. The second-order valence-electron chi connectivity index (χ2n) is 5.17. The number of morpholine rings is 1. The number of hydrogen-bond acceptors (Lipinski definition) is 6. The monoisotopic (exact) mass is 298 g/mol. The Labute approximate surface area is 120 Å². The molecule has 1 saturated heterocycles. The first kappa shape index (κ1) is 13.7. The smallest absolute Gasteiger partial charge is 0.321 e. The molecule has 4 N–H and O–H groups in total. The van der Waals surface area contributed by atoms with Crippen molar-refractivity contribution >= 4 is 22.5 Å². The number of amides is 2. The van der Waals surface area contributed by atoms with E-state index in [0.717, 1.165) is 17.0 Å². The van der Waals surface area contributed by atoms with Crippen LogP contribution in [0.2, 0.25) is 0 Å². The first-order chi connectivity index (χ1) is 9.65. The Bertz CT molecular complexity index is 507. The van der Waals surface area contributed by atoms with Crippen LogP contribution in [0.4, 0.5) is 9.93 Å². The minimum atomic E-state index is -0.343. The van der Waals surface area contributed by atoms with Crippen molar-refractivity contribution in [3.63, 3.8) is 0 Å². The van der Waals surface area contributed by atoms with Crippen LogP contribution < -0.4 is 16.0 Å². The van der Waals surface area contributed by atoms with E-state index in [-0.39, 0.29) is 24.7 Å². The van der Waals surface area contributed by atoms with Gasteiger partial charge in [0.15, 0.2) is 5.13 Å². The lowest BCUT2D eigenvalue weighted by Gasteiger charge is -2.34. The van der Waals surface area contributed by atoms with Crippen LogP contribution in [0.15, 0.2) is 0 Å². The number of urea groups is 1. The molecule has 0 saturated carbocycles. The van der Waals surface area contributed by atoms with E-state index in [0.29, 0.717) is 24.4 Å². The second-order valence-corrected chi connectivity index (χ2v) is 6.20. The molecule has 2 amide bonds. The van der Waals surface area contributed by atoms with Gasteiger partial charge in [0.2, 0.25) is 0 Å². The Morgan fingerprint density at radius 1 is 1.65 bits per heavy atom. The first-order valence-corrected chi connectivity index (χ1v) is 7.49. The Morgan fingerprint density at radius 3 is 3.30 bits per heavy atom. The van der Waals surface area contributed by atoms with Crippen molar-refractivity contribution in [2.75, 3.05) is 25.1 Å². The fourth-order valence-corrected chi connectivity index (χ4v) is 3.48. The molecule has 110 valence electrons. The van der Waals surface area contributed by atoms with E-state index in [1.54, 1.807) is 6.92 Å². The molecule has 2 aliphatic heterocycles. The van der Waals surface area contributed by atoms with Crippen LogP contribution in [0.25, 0.3) is 0 Å². The molecule has 0 aliphatic carbocycles. The number of aromatic nitrogens is 1. The van der Waals surface area contributed by atoms with Gasteiger partial charge in [0.1, 0.15) is 0 Å². The number of rotatable bonds is 3. The minimum Gasteiger partial charge on any atom is -0.394 e. The molecule has 3 atom stereocenters. The zero-order valence-corrected chi connectivity index (χ0v) is 12.0. The quantitative estimate of drug-likeness (QED) is 0.641.